The molecule has 1 amide bonds. The van der Waals surface area contributed by atoms with Gasteiger partial charge in [0.2, 0.25) is 0 Å². The molecule has 2 aromatic heterocycles. The first-order valence-electron chi connectivity index (χ1n) is 6.95. The molecule has 24 heavy (non-hydrogen) atoms. The highest BCUT2D eigenvalue weighted by molar-refractivity contribution is 6.06. The second kappa shape index (κ2) is 6.95. The van der Waals surface area contributed by atoms with Crippen LogP contribution in [0, 0.1) is 6.92 Å². The molecule has 0 saturated heterocycles. The van der Waals surface area contributed by atoms with Crippen molar-refractivity contribution in [3.63, 3.8) is 0 Å². The summed E-state index contributed by atoms with van der Waals surface area (Å²) in [6, 6.07) is -0.292. The predicted octanol–water partition coefficient (Wildman–Crippen LogP) is 2.36. The van der Waals surface area contributed by atoms with Crippen LogP contribution < -0.4 is 4.90 Å². The number of rotatable bonds is 5. The van der Waals surface area contributed by atoms with Crippen LogP contribution in [0.3, 0.4) is 0 Å². The van der Waals surface area contributed by atoms with Gasteiger partial charge in [0.15, 0.2) is 0 Å². The summed E-state index contributed by atoms with van der Waals surface area (Å²) in [5, 5.41) is 11.0. The van der Waals surface area contributed by atoms with Gasteiger partial charge in [0, 0.05) is 12.8 Å². The second-order valence-electron chi connectivity index (χ2n) is 5.06. The summed E-state index contributed by atoms with van der Waals surface area (Å²) in [7, 11) is 1.40. The van der Waals surface area contributed by atoms with E-state index < -0.39 is 18.1 Å². The SMILES string of the molecule is COCN(C(=O)c1cnn(C(C)C(F)(F)F)c1C)c1ccnnc1. The summed E-state index contributed by atoms with van der Waals surface area (Å²) >= 11 is 0. The van der Waals surface area contributed by atoms with E-state index in [0.717, 1.165) is 17.8 Å². The molecule has 10 heteroatoms. The van der Waals surface area contributed by atoms with Crippen molar-refractivity contribution >= 4 is 11.6 Å². The van der Waals surface area contributed by atoms with Crippen LogP contribution in [0.1, 0.15) is 29.0 Å². The van der Waals surface area contributed by atoms with Gasteiger partial charge in [0.1, 0.15) is 12.8 Å². The quantitative estimate of drug-likeness (QED) is 0.779. The van der Waals surface area contributed by atoms with Gasteiger partial charge in [-0.05, 0) is 19.9 Å². The van der Waals surface area contributed by atoms with E-state index >= 15 is 0 Å². The lowest BCUT2D eigenvalue weighted by Gasteiger charge is -2.21. The Hall–Kier alpha value is -2.49. The third kappa shape index (κ3) is 3.53. The molecule has 2 heterocycles. The van der Waals surface area contributed by atoms with E-state index in [1.807, 2.05) is 0 Å². The van der Waals surface area contributed by atoms with Gasteiger partial charge in [-0.2, -0.15) is 28.5 Å². The lowest BCUT2D eigenvalue weighted by atomic mass is 10.2. The van der Waals surface area contributed by atoms with E-state index in [-0.39, 0.29) is 18.0 Å². The molecule has 1 atom stereocenters. The summed E-state index contributed by atoms with van der Waals surface area (Å²) in [4.78, 5) is 13.9. The fourth-order valence-corrected chi connectivity index (χ4v) is 2.13. The molecule has 1 unspecified atom stereocenters. The van der Waals surface area contributed by atoms with Gasteiger partial charge in [0.25, 0.3) is 5.91 Å². The molecule has 0 aliphatic heterocycles. The topological polar surface area (TPSA) is 73.1 Å². The van der Waals surface area contributed by atoms with Gasteiger partial charge in [-0.3, -0.25) is 14.4 Å². The number of hydrogen-bond acceptors (Lipinski definition) is 5. The maximum atomic E-state index is 12.9. The molecule has 0 N–H and O–H groups in total. The van der Waals surface area contributed by atoms with Gasteiger partial charge in [-0.15, -0.1) is 0 Å². The number of methoxy groups -OCH3 is 1. The van der Waals surface area contributed by atoms with Crippen LogP contribution in [-0.2, 0) is 4.74 Å². The molecule has 2 aromatic rings. The largest absolute Gasteiger partial charge is 0.410 e. The number of ether oxygens (including phenoxy) is 1. The Morgan fingerprint density at radius 3 is 2.62 bits per heavy atom. The Bertz CT molecular complexity index is 702. The van der Waals surface area contributed by atoms with Crippen molar-refractivity contribution in [2.45, 2.75) is 26.1 Å². The number of nitrogens with zero attached hydrogens (tertiary/aromatic N) is 5. The van der Waals surface area contributed by atoms with Gasteiger partial charge in [-0.1, -0.05) is 0 Å². The first-order valence-corrected chi connectivity index (χ1v) is 6.95. The van der Waals surface area contributed by atoms with Crippen molar-refractivity contribution in [1.82, 2.24) is 20.0 Å². The lowest BCUT2D eigenvalue weighted by Crippen LogP contribution is -2.33. The molecular formula is C14H16F3N5O2. The fraction of sp³-hybridized carbons (Fsp3) is 0.429. The van der Waals surface area contributed by atoms with Crippen molar-refractivity contribution in [1.29, 1.82) is 0 Å². The average Bonchev–Trinajstić information content (AvgIpc) is 2.92. The third-order valence-electron chi connectivity index (χ3n) is 3.50. The van der Waals surface area contributed by atoms with Crippen LogP contribution in [0.5, 0.6) is 0 Å². The zero-order chi connectivity index (χ0) is 17.9. The molecular weight excluding hydrogens is 327 g/mol. The van der Waals surface area contributed by atoms with Crippen molar-refractivity contribution in [2.75, 3.05) is 18.7 Å². The van der Waals surface area contributed by atoms with Gasteiger partial charge in [-0.25, -0.2) is 0 Å². The summed E-state index contributed by atoms with van der Waals surface area (Å²) in [6.07, 6.45) is -0.586. The minimum absolute atomic E-state index is 0.0555. The van der Waals surface area contributed by atoms with Crippen LogP contribution in [0.4, 0.5) is 18.9 Å². The first kappa shape index (κ1) is 17.9. The molecule has 130 valence electrons. The predicted molar refractivity (Wildman–Crippen MR) is 78.4 cm³/mol. The summed E-state index contributed by atoms with van der Waals surface area (Å²) in [5.41, 5.74) is 0.584. The van der Waals surface area contributed by atoms with E-state index in [2.05, 4.69) is 15.3 Å². The Labute approximate surface area is 136 Å². The van der Waals surface area contributed by atoms with Gasteiger partial charge in [0.05, 0.1) is 29.8 Å². The molecule has 0 saturated carbocycles. The summed E-state index contributed by atoms with van der Waals surface area (Å²) in [6.45, 7) is 2.30. The molecule has 2 rings (SSSR count). The zero-order valence-corrected chi connectivity index (χ0v) is 13.3. The molecule has 0 aliphatic rings. The van der Waals surface area contributed by atoms with Crippen molar-refractivity contribution in [3.8, 4) is 0 Å². The first-order chi connectivity index (χ1) is 11.3. The molecule has 0 aliphatic carbocycles. The Kier molecular flexibility index (Phi) is 5.17. The minimum Gasteiger partial charge on any atom is -0.364 e. The van der Waals surface area contributed by atoms with Crippen LogP contribution in [-0.4, -0.2) is 45.9 Å². The van der Waals surface area contributed by atoms with Crippen molar-refractivity contribution in [2.24, 2.45) is 0 Å². The highest BCUT2D eigenvalue weighted by Crippen LogP contribution is 2.31. The maximum Gasteiger partial charge on any atom is 0.410 e. The normalized spacial score (nSPS) is 12.9. The highest BCUT2D eigenvalue weighted by Gasteiger charge is 2.39. The molecule has 0 bridgehead atoms. The van der Waals surface area contributed by atoms with Crippen LogP contribution in [0.15, 0.2) is 24.7 Å². The molecule has 0 fully saturated rings. The van der Waals surface area contributed by atoms with E-state index in [4.69, 9.17) is 4.74 Å². The smallest absolute Gasteiger partial charge is 0.364 e. The fourth-order valence-electron chi connectivity index (χ4n) is 2.13. The average molecular weight is 343 g/mol. The van der Waals surface area contributed by atoms with Gasteiger partial charge < -0.3 is 4.74 Å². The van der Waals surface area contributed by atoms with E-state index in [9.17, 15) is 18.0 Å². The van der Waals surface area contributed by atoms with Crippen molar-refractivity contribution in [3.05, 3.63) is 35.9 Å². The van der Waals surface area contributed by atoms with Crippen LogP contribution >= 0.6 is 0 Å². The number of alkyl halides is 3. The Morgan fingerprint density at radius 2 is 2.08 bits per heavy atom. The number of halogens is 3. The van der Waals surface area contributed by atoms with Crippen LogP contribution in [0.25, 0.3) is 0 Å². The number of hydrogen-bond donors (Lipinski definition) is 0. The Balaban J connectivity index is 2.36. The standard InChI is InChI=1S/C14H16F3N5O2/c1-9-12(7-20-22(9)10(2)14(15,16)17)13(23)21(8-24-3)11-4-5-18-19-6-11/h4-7,10H,8H2,1-3H3. The van der Waals surface area contributed by atoms with E-state index in [1.54, 1.807) is 6.07 Å². The van der Waals surface area contributed by atoms with E-state index in [0.29, 0.717) is 5.69 Å². The maximum absolute atomic E-state index is 12.9. The number of carbonyl (C=O) groups excluding carboxylic acids is 1. The van der Waals surface area contributed by atoms with Crippen molar-refractivity contribution < 1.29 is 22.7 Å². The Morgan fingerprint density at radius 1 is 1.38 bits per heavy atom. The summed E-state index contributed by atoms with van der Waals surface area (Å²) in [5.74, 6) is -0.539. The third-order valence-corrected chi connectivity index (χ3v) is 3.50. The number of aromatic nitrogens is 4. The number of anilines is 1. The van der Waals surface area contributed by atoms with Gasteiger partial charge >= 0.3 is 6.18 Å². The molecule has 0 spiro atoms. The molecule has 0 radical (unpaired) electrons. The van der Waals surface area contributed by atoms with E-state index in [1.165, 1.54) is 31.3 Å². The zero-order valence-electron chi connectivity index (χ0n) is 13.3. The molecule has 7 nitrogen and oxygen atoms in total. The lowest BCUT2D eigenvalue weighted by molar-refractivity contribution is -0.165. The monoisotopic (exact) mass is 343 g/mol. The number of carbonyl (C=O) groups is 1. The summed E-state index contributed by atoms with van der Waals surface area (Å²) < 4.78 is 44.4. The minimum atomic E-state index is -4.46. The highest BCUT2D eigenvalue weighted by atomic mass is 19.4. The van der Waals surface area contributed by atoms with Crippen LogP contribution in [0.2, 0.25) is 0 Å². The molecule has 0 aromatic carbocycles. The second-order valence-corrected chi connectivity index (χ2v) is 5.06. The number of amides is 1.